The van der Waals surface area contributed by atoms with Gasteiger partial charge in [-0.3, -0.25) is 9.59 Å². The van der Waals surface area contributed by atoms with Crippen LogP contribution in [-0.4, -0.2) is 47.8 Å². The summed E-state index contributed by atoms with van der Waals surface area (Å²) in [6.45, 7) is 1.71. The van der Waals surface area contributed by atoms with Crippen molar-refractivity contribution in [3.8, 4) is 0 Å². The first-order valence-electron chi connectivity index (χ1n) is 7.65. The van der Waals surface area contributed by atoms with Gasteiger partial charge in [0.05, 0.1) is 11.1 Å². The van der Waals surface area contributed by atoms with E-state index >= 15 is 0 Å². The van der Waals surface area contributed by atoms with Crippen molar-refractivity contribution >= 4 is 34.4 Å². The molecule has 2 aromatic carbocycles. The second kappa shape index (κ2) is 7.29. The van der Waals surface area contributed by atoms with E-state index in [-0.39, 0.29) is 17.4 Å². The van der Waals surface area contributed by atoms with Gasteiger partial charge in [-0.15, -0.1) is 0 Å². The number of carbonyl (C=O) groups excluding carboxylic acids is 2. The minimum atomic E-state index is -0.514. The molecule has 0 radical (unpaired) electrons. The summed E-state index contributed by atoms with van der Waals surface area (Å²) >= 11 is 2.14. The molecule has 0 bridgehead atoms. The molecule has 1 fully saturated rings. The van der Waals surface area contributed by atoms with Gasteiger partial charge in [0.25, 0.3) is 11.8 Å². The largest absolute Gasteiger partial charge is 0.335 e. The lowest BCUT2D eigenvalue weighted by atomic mass is 10.1. The van der Waals surface area contributed by atoms with Crippen LogP contribution in [0.3, 0.4) is 0 Å². The number of benzene rings is 2. The van der Waals surface area contributed by atoms with Crippen LogP contribution >= 0.6 is 22.6 Å². The van der Waals surface area contributed by atoms with Crippen LogP contribution in [0.2, 0.25) is 0 Å². The van der Waals surface area contributed by atoms with Crippen molar-refractivity contribution in [1.82, 2.24) is 9.80 Å². The molecule has 0 aromatic heterocycles. The normalized spacial score (nSPS) is 14.6. The fourth-order valence-electron chi connectivity index (χ4n) is 2.72. The third-order valence-corrected chi connectivity index (χ3v) is 5.00. The van der Waals surface area contributed by atoms with Crippen LogP contribution in [0, 0.1) is 9.39 Å². The zero-order chi connectivity index (χ0) is 17.1. The Bertz CT molecular complexity index is 708. The van der Waals surface area contributed by atoms with Crippen LogP contribution in [0.25, 0.3) is 0 Å². The first-order chi connectivity index (χ1) is 11.6. The number of nitrogens with zero attached hydrogens (tertiary/aromatic N) is 2. The number of halogens is 2. The van der Waals surface area contributed by atoms with E-state index in [1.165, 1.54) is 12.1 Å². The fraction of sp³-hybridized carbons (Fsp3) is 0.222. The standard InChI is InChI=1S/C18H16FIN2O2/c19-15-7-3-1-5-13(15)17(23)21-9-11-22(12-10-21)18(24)14-6-2-4-8-16(14)20/h1-8H,9-12H2. The van der Waals surface area contributed by atoms with Crippen LogP contribution < -0.4 is 0 Å². The van der Waals surface area contributed by atoms with Crippen LogP contribution in [0.5, 0.6) is 0 Å². The predicted molar refractivity (Wildman–Crippen MR) is 97.4 cm³/mol. The fourth-order valence-corrected chi connectivity index (χ4v) is 3.34. The van der Waals surface area contributed by atoms with Gasteiger partial charge in [-0.05, 0) is 46.9 Å². The molecule has 0 N–H and O–H groups in total. The number of amides is 2. The van der Waals surface area contributed by atoms with Crippen molar-refractivity contribution in [2.24, 2.45) is 0 Å². The summed E-state index contributed by atoms with van der Waals surface area (Å²) in [5, 5.41) is 0. The smallest absolute Gasteiger partial charge is 0.256 e. The summed E-state index contributed by atoms with van der Waals surface area (Å²) in [6.07, 6.45) is 0. The lowest BCUT2D eigenvalue weighted by Crippen LogP contribution is -2.50. The quantitative estimate of drug-likeness (QED) is 0.677. The van der Waals surface area contributed by atoms with Crippen molar-refractivity contribution in [1.29, 1.82) is 0 Å². The van der Waals surface area contributed by atoms with Gasteiger partial charge in [-0.2, -0.15) is 0 Å². The number of carbonyl (C=O) groups is 2. The van der Waals surface area contributed by atoms with Gasteiger partial charge in [0.1, 0.15) is 5.82 Å². The highest BCUT2D eigenvalue weighted by Crippen LogP contribution is 2.17. The Kier molecular flexibility index (Phi) is 5.13. The summed E-state index contributed by atoms with van der Waals surface area (Å²) in [5.74, 6) is -0.868. The Labute approximate surface area is 153 Å². The molecule has 6 heteroatoms. The van der Waals surface area contributed by atoms with Crippen molar-refractivity contribution < 1.29 is 14.0 Å². The molecule has 1 heterocycles. The van der Waals surface area contributed by atoms with Crippen LogP contribution in [-0.2, 0) is 0 Å². The SMILES string of the molecule is O=C(c1ccccc1F)N1CCN(C(=O)c2ccccc2I)CC1. The average molecular weight is 438 g/mol. The van der Waals surface area contributed by atoms with Gasteiger partial charge in [-0.1, -0.05) is 24.3 Å². The van der Waals surface area contributed by atoms with E-state index in [0.717, 1.165) is 3.57 Å². The molecule has 1 aliphatic heterocycles. The molecular formula is C18H16FIN2O2. The molecule has 0 aliphatic carbocycles. The maximum Gasteiger partial charge on any atom is 0.256 e. The second-order valence-corrected chi connectivity index (χ2v) is 6.71. The van der Waals surface area contributed by atoms with E-state index in [1.807, 2.05) is 18.2 Å². The number of hydrogen-bond donors (Lipinski definition) is 0. The minimum Gasteiger partial charge on any atom is -0.335 e. The summed E-state index contributed by atoms with van der Waals surface area (Å²) in [4.78, 5) is 28.3. The first-order valence-corrected chi connectivity index (χ1v) is 8.73. The first kappa shape index (κ1) is 16.9. The summed E-state index contributed by atoms with van der Waals surface area (Å²) < 4.78 is 14.7. The van der Waals surface area contributed by atoms with Gasteiger partial charge >= 0.3 is 0 Å². The van der Waals surface area contributed by atoms with E-state index in [4.69, 9.17) is 0 Å². The summed E-state index contributed by atoms with van der Waals surface area (Å²) in [7, 11) is 0. The molecule has 2 aromatic rings. The molecule has 1 saturated heterocycles. The highest BCUT2D eigenvalue weighted by Gasteiger charge is 2.27. The Morgan fingerprint density at radius 2 is 1.25 bits per heavy atom. The van der Waals surface area contributed by atoms with Gasteiger partial charge < -0.3 is 9.80 Å². The molecule has 4 nitrogen and oxygen atoms in total. The minimum absolute atomic E-state index is 0.0296. The molecule has 3 rings (SSSR count). The average Bonchev–Trinajstić information content (AvgIpc) is 2.61. The van der Waals surface area contributed by atoms with Crippen LogP contribution in [0.15, 0.2) is 48.5 Å². The topological polar surface area (TPSA) is 40.6 Å². The number of hydrogen-bond acceptors (Lipinski definition) is 2. The second-order valence-electron chi connectivity index (χ2n) is 5.54. The Morgan fingerprint density at radius 1 is 0.792 bits per heavy atom. The molecule has 24 heavy (non-hydrogen) atoms. The van der Waals surface area contributed by atoms with Crippen molar-refractivity contribution in [2.75, 3.05) is 26.2 Å². The molecule has 0 unspecified atom stereocenters. The Morgan fingerprint density at radius 3 is 1.79 bits per heavy atom. The monoisotopic (exact) mass is 438 g/mol. The lowest BCUT2D eigenvalue weighted by Gasteiger charge is -2.35. The molecular weight excluding hydrogens is 422 g/mol. The highest BCUT2D eigenvalue weighted by atomic mass is 127. The Balaban J connectivity index is 1.66. The third-order valence-electron chi connectivity index (χ3n) is 4.06. The highest BCUT2D eigenvalue weighted by molar-refractivity contribution is 14.1. The van der Waals surface area contributed by atoms with E-state index in [0.29, 0.717) is 31.7 Å². The summed E-state index contributed by atoms with van der Waals surface area (Å²) in [5.41, 5.74) is 0.752. The maximum absolute atomic E-state index is 13.8. The lowest BCUT2D eigenvalue weighted by molar-refractivity contribution is 0.0532. The van der Waals surface area contributed by atoms with E-state index in [9.17, 15) is 14.0 Å². The zero-order valence-corrected chi connectivity index (χ0v) is 15.1. The van der Waals surface area contributed by atoms with Gasteiger partial charge in [-0.25, -0.2) is 4.39 Å². The van der Waals surface area contributed by atoms with Gasteiger partial charge in [0.2, 0.25) is 0 Å². The van der Waals surface area contributed by atoms with E-state index < -0.39 is 5.82 Å². The number of piperazine rings is 1. The molecule has 1 aliphatic rings. The summed E-state index contributed by atoms with van der Waals surface area (Å²) in [6, 6.07) is 13.4. The van der Waals surface area contributed by atoms with Crippen molar-refractivity contribution in [3.05, 3.63) is 69.0 Å². The molecule has 124 valence electrons. The molecule has 2 amide bonds. The predicted octanol–water partition coefficient (Wildman–Crippen LogP) is 3.03. The maximum atomic E-state index is 13.8. The van der Waals surface area contributed by atoms with E-state index in [1.54, 1.807) is 28.0 Å². The molecule has 0 saturated carbocycles. The van der Waals surface area contributed by atoms with Crippen LogP contribution in [0.1, 0.15) is 20.7 Å². The third kappa shape index (κ3) is 3.43. The van der Waals surface area contributed by atoms with Crippen LogP contribution in [0.4, 0.5) is 4.39 Å². The Hall–Kier alpha value is -1.96. The van der Waals surface area contributed by atoms with Gasteiger partial charge in [0.15, 0.2) is 0 Å². The number of rotatable bonds is 2. The van der Waals surface area contributed by atoms with Gasteiger partial charge in [0, 0.05) is 29.7 Å². The molecule has 0 spiro atoms. The molecule has 0 atom stereocenters. The van der Waals surface area contributed by atoms with E-state index in [2.05, 4.69) is 22.6 Å². The van der Waals surface area contributed by atoms with Crippen molar-refractivity contribution in [3.63, 3.8) is 0 Å². The van der Waals surface area contributed by atoms with Crippen molar-refractivity contribution in [2.45, 2.75) is 0 Å². The zero-order valence-electron chi connectivity index (χ0n) is 12.9.